The highest BCUT2D eigenvalue weighted by Gasteiger charge is 2.30. The summed E-state index contributed by atoms with van der Waals surface area (Å²) in [5.74, 6) is 0.837. The summed E-state index contributed by atoms with van der Waals surface area (Å²) in [6.45, 7) is 8.55. The molecule has 0 N–H and O–H groups in total. The zero-order chi connectivity index (χ0) is 12.3. The standard InChI is InChI=1S/C14H18O3/c1-4-10(2)13-9-16-14(17-13)11-6-5-7-12(8-11)15-3/h2,5-8,10,13-14H,4,9H2,1,3H3. The van der Waals surface area contributed by atoms with Crippen LogP contribution in [-0.2, 0) is 9.47 Å². The molecule has 3 atom stereocenters. The first-order valence-corrected chi connectivity index (χ1v) is 5.91. The fourth-order valence-corrected chi connectivity index (χ4v) is 1.87. The lowest BCUT2D eigenvalue weighted by Gasteiger charge is -2.16. The lowest BCUT2D eigenvalue weighted by Crippen LogP contribution is -2.19. The van der Waals surface area contributed by atoms with Gasteiger partial charge in [0.2, 0.25) is 0 Å². The molecule has 1 fully saturated rings. The van der Waals surface area contributed by atoms with Crippen LogP contribution in [0, 0.1) is 12.8 Å². The Bertz CT molecular complexity index is 364. The first-order valence-electron chi connectivity index (χ1n) is 5.91. The highest BCUT2D eigenvalue weighted by molar-refractivity contribution is 5.29. The minimum absolute atomic E-state index is 0.0174. The van der Waals surface area contributed by atoms with Gasteiger partial charge < -0.3 is 14.2 Å². The molecule has 3 nitrogen and oxygen atoms in total. The third-order valence-electron chi connectivity index (χ3n) is 3.03. The van der Waals surface area contributed by atoms with Gasteiger partial charge in [-0.15, -0.1) is 0 Å². The zero-order valence-corrected chi connectivity index (χ0v) is 10.3. The van der Waals surface area contributed by atoms with E-state index in [1.807, 2.05) is 31.2 Å². The van der Waals surface area contributed by atoms with Crippen molar-refractivity contribution >= 4 is 0 Å². The molecule has 0 amide bonds. The molecule has 17 heavy (non-hydrogen) atoms. The molecule has 0 saturated carbocycles. The van der Waals surface area contributed by atoms with E-state index in [1.54, 1.807) is 7.11 Å². The van der Waals surface area contributed by atoms with Gasteiger partial charge in [0.15, 0.2) is 6.29 Å². The van der Waals surface area contributed by atoms with Gasteiger partial charge in [-0.25, -0.2) is 0 Å². The van der Waals surface area contributed by atoms with Crippen molar-refractivity contribution < 1.29 is 14.2 Å². The molecule has 0 bridgehead atoms. The van der Waals surface area contributed by atoms with Crippen LogP contribution in [0.1, 0.15) is 25.2 Å². The number of ether oxygens (including phenoxy) is 3. The molecule has 0 spiro atoms. The Hall–Kier alpha value is -1.06. The minimum atomic E-state index is -0.326. The molecule has 1 aliphatic rings. The SMILES string of the molecule is [CH]C(CC)C1COC(c2cccc(OC)c2)O1. The lowest BCUT2D eigenvalue weighted by molar-refractivity contribution is -0.0667. The maximum atomic E-state index is 5.94. The van der Waals surface area contributed by atoms with Crippen molar-refractivity contribution in [2.75, 3.05) is 13.7 Å². The topological polar surface area (TPSA) is 27.7 Å². The number of methoxy groups -OCH3 is 1. The van der Waals surface area contributed by atoms with Gasteiger partial charge in [0.25, 0.3) is 0 Å². The van der Waals surface area contributed by atoms with E-state index in [0.717, 1.165) is 17.7 Å². The number of benzene rings is 1. The van der Waals surface area contributed by atoms with Gasteiger partial charge >= 0.3 is 0 Å². The fraction of sp³-hybridized carbons (Fsp3) is 0.500. The zero-order valence-electron chi connectivity index (χ0n) is 10.3. The minimum Gasteiger partial charge on any atom is -0.497 e. The number of rotatable bonds is 4. The van der Waals surface area contributed by atoms with Crippen LogP contribution in [0.4, 0.5) is 0 Å². The van der Waals surface area contributed by atoms with Gasteiger partial charge in [-0.05, 0) is 25.0 Å². The predicted octanol–water partition coefficient (Wildman–Crippen LogP) is 2.85. The van der Waals surface area contributed by atoms with Crippen LogP contribution in [0.25, 0.3) is 0 Å². The summed E-state index contributed by atoms with van der Waals surface area (Å²) in [5.41, 5.74) is 0.968. The Balaban J connectivity index is 2.04. The van der Waals surface area contributed by atoms with Crippen molar-refractivity contribution in [3.8, 4) is 5.75 Å². The van der Waals surface area contributed by atoms with Crippen LogP contribution < -0.4 is 4.74 Å². The first kappa shape index (κ1) is 12.4. The average molecular weight is 234 g/mol. The number of hydrogen-bond donors (Lipinski definition) is 0. The maximum absolute atomic E-state index is 5.94. The van der Waals surface area contributed by atoms with Gasteiger partial charge in [0.1, 0.15) is 5.75 Å². The van der Waals surface area contributed by atoms with E-state index in [0.29, 0.717) is 6.61 Å². The van der Waals surface area contributed by atoms with Crippen molar-refractivity contribution in [1.29, 1.82) is 0 Å². The van der Waals surface area contributed by atoms with Crippen LogP contribution >= 0.6 is 0 Å². The molecule has 2 radical (unpaired) electrons. The quantitative estimate of drug-likeness (QED) is 0.801. The summed E-state index contributed by atoms with van der Waals surface area (Å²) in [6, 6.07) is 7.71. The molecule has 0 aromatic heterocycles. The molecule has 2 rings (SSSR count). The van der Waals surface area contributed by atoms with Gasteiger partial charge in [-0.1, -0.05) is 25.5 Å². The Morgan fingerprint density at radius 3 is 3.06 bits per heavy atom. The Morgan fingerprint density at radius 1 is 1.53 bits per heavy atom. The van der Waals surface area contributed by atoms with Crippen molar-refractivity contribution in [3.63, 3.8) is 0 Å². The average Bonchev–Trinajstić information content (AvgIpc) is 2.87. The summed E-state index contributed by atoms with van der Waals surface area (Å²) < 4.78 is 16.6. The normalized spacial score (nSPS) is 25.8. The monoisotopic (exact) mass is 234 g/mol. The Kier molecular flexibility index (Phi) is 4.02. The molecular formula is C14H18O3. The molecule has 1 aromatic carbocycles. The van der Waals surface area contributed by atoms with E-state index in [-0.39, 0.29) is 18.3 Å². The predicted molar refractivity (Wildman–Crippen MR) is 64.6 cm³/mol. The second-order valence-corrected chi connectivity index (χ2v) is 4.19. The molecule has 1 aromatic rings. The van der Waals surface area contributed by atoms with Crippen LogP contribution in [0.5, 0.6) is 5.75 Å². The van der Waals surface area contributed by atoms with Crippen LogP contribution in [0.3, 0.4) is 0 Å². The van der Waals surface area contributed by atoms with Crippen molar-refractivity contribution in [2.24, 2.45) is 5.92 Å². The van der Waals surface area contributed by atoms with Crippen molar-refractivity contribution in [3.05, 3.63) is 36.8 Å². The Labute approximate surface area is 103 Å². The van der Waals surface area contributed by atoms with Gasteiger partial charge in [0.05, 0.1) is 19.8 Å². The van der Waals surface area contributed by atoms with E-state index >= 15 is 0 Å². The summed E-state index contributed by atoms with van der Waals surface area (Å²) in [6.07, 6.45) is 0.544. The van der Waals surface area contributed by atoms with E-state index in [9.17, 15) is 0 Å². The fourth-order valence-electron chi connectivity index (χ4n) is 1.87. The van der Waals surface area contributed by atoms with Gasteiger partial charge in [-0.3, -0.25) is 0 Å². The van der Waals surface area contributed by atoms with Crippen molar-refractivity contribution in [2.45, 2.75) is 25.7 Å². The second-order valence-electron chi connectivity index (χ2n) is 4.19. The maximum Gasteiger partial charge on any atom is 0.184 e. The van der Waals surface area contributed by atoms with Gasteiger partial charge in [-0.2, -0.15) is 0 Å². The lowest BCUT2D eigenvalue weighted by atomic mass is 10.0. The van der Waals surface area contributed by atoms with E-state index < -0.39 is 0 Å². The van der Waals surface area contributed by atoms with E-state index in [2.05, 4.69) is 0 Å². The van der Waals surface area contributed by atoms with Gasteiger partial charge in [0, 0.05) is 5.56 Å². The van der Waals surface area contributed by atoms with E-state index in [1.165, 1.54) is 0 Å². The van der Waals surface area contributed by atoms with Crippen molar-refractivity contribution in [1.82, 2.24) is 0 Å². The highest BCUT2D eigenvalue weighted by Crippen LogP contribution is 2.32. The summed E-state index contributed by atoms with van der Waals surface area (Å²) in [7, 11) is 1.64. The smallest absolute Gasteiger partial charge is 0.184 e. The summed E-state index contributed by atoms with van der Waals surface area (Å²) >= 11 is 0. The molecule has 92 valence electrons. The molecular weight excluding hydrogens is 216 g/mol. The first-order chi connectivity index (χ1) is 8.24. The molecule has 1 heterocycles. The van der Waals surface area contributed by atoms with Crippen LogP contribution in [0.15, 0.2) is 24.3 Å². The molecule has 0 aliphatic carbocycles. The third-order valence-corrected chi connectivity index (χ3v) is 3.03. The molecule has 1 saturated heterocycles. The highest BCUT2D eigenvalue weighted by atomic mass is 16.7. The Morgan fingerprint density at radius 2 is 2.35 bits per heavy atom. The largest absolute Gasteiger partial charge is 0.497 e. The van der Waals surface area contributed by atoms with E-state index in [4.69, 9.17) is 21.1 Å². The molecule has 1 aliphatic heterocycles. The third kappa shape index (κ3) is 2.79. The summed E-state index contributed by atoms with van der Waals surface area (Å²) in [4.78, 5) is 0. The van der Waals surface area contributed by atoms with Crippen LogP contribution in [-0.4, -0.2) is 19.8 Å². The van der Waals surface area contributed by atoms with Crippen LogP contribution in [0.2, 0.25) is 0 Å². The second kappa shape index (κ2) is 5.52. The summed E-state index contributed by atoms with van der Waals surface area (Å²) in [5, 5.41) is 0. The number of hydrogen-bond acceptors (Lipinski definition) is 3. The molecule has 3 heteroatoms. The molecule has 3 unspecified atom stereocenters.